The Balaban J connectivity index is 1.79. The highest BCUT2D eigenvalue weighted by molar-refractivity contribution is 8.17. The predicted octanol–water partition coefficient (Wildman–Crippen LogP) is 2.73. The van der Waals surface area contributed by atoms with Gasteiger partial charge in [0.15, 0.2) is 0 Å². The van der Waals surface area contributed by atoms with Crippen molar-refractivity contribution in [2.75, 3.05) is 11.5 Å². The van der Waals surface area contributed by atoms with Crippen LogP contribution in [-0.2, 0) is 0 Å². The second-order valence-corrected chi connectivity index (χ2v) is 6.73. The van der Waals surface area contributed by atoms with Crippen molar-refractivity contribution in [2.45, 2.75) is 42.8 Å². The highest BCUT2D eigenvalue weighted by Gasteiger charge is 2.28. The summed E-state index contributed by atoms with van der Waals surface area (Å²) in [6, 6.07) is 0. The summed E-state index contributed by atoms with van der Waals surface area (Å²) < 4.78 is 0.795. The maximum atomic E-state index is 9.38. The van der Waals surface area contributed by atoms with Gasteiger partial charge in [0.2, 0.25) is 0 Å². The molecule has 76 valence electrons. The molecular weight excluding hydrogens is 200 g/mol. The van der Waals surface area contributed by atoms with Crippen LogP contribution in [0.25, 0.3) is 0 Å². The Labute approximate surface area is 89.1 Å². The average molecular weight is 218 g/mol. The molecule has 1 aliphatic heterocycles. The van der Waals surface area contributed by atoms with Crippen LogP contribution in [0.2, 0.25) is 0 Å². The van der Waals surface area contributed by atoms with E-state index in [0.717, 1.165) is 22.0 Å². The minimum Gasteiger partial charge on any atom is -0.391 e. The smallest absolute Gasteiger partial charge is 0.0721 e. The van der Waals surface area contributed by atoms with Gasteiger partial charge in [-0.3, -0.25) is 0 Å². The van der Waals surface area contributed by atoms with Crippen LogP contribution in [-0.4, -0.2) is 27.3 Å². The number of thioether (sulfide) groups is 2. The minimum atomic E-state index is -0.0464. The van der Waals surface area contributed by atoms with Crippen molar-refractivity contribution in [1.29, 1.82) is 0 Å². The number of hydrogen-bond acceptors (Lipinski definition) is 3. The summed E-state index contributed by atoms with van der Waals surface area (Å²) in [4.78, 5) is 0. The van der Waals surface area contributed by atoms with Crippen LogP contribution in [0.15, 0.2) is 0 Å². The summed E-state index contributed by atoms with van der Waals surface area (Å²) in [5.41, 5.74) is 0. The Bertz CT molecular complexity index is 149. The van der Waals surface area contributed by atoms with Gasteiger partial charge in [0.05, 0.1) is 10.7 Å². The molecule has 0 spiro atoms. The Kier molecular flexibility index (Phi) is 3.87. The van der Waals surface area contributed by atoms with E-state index in [2.05, 4.69) is 0 Å². The van der Waals surface area contributed by atoms with E-state index in [0.29, 0.717) is 0 Å². The van der Waals surface area contributed by atoms with Gasteiger partial charge >= 0.3 is 0 Å². The third kappa shape index (κ3) is 2.80. The molecular formula is C10H18OS2. The molecule has 1 saturated carbocycles. The van der Waals surface area contributed by atoms with E-state index in [1.807, 2.05) is 23.5 Å². The molecule has 0 amide bonds. The monoisotopic (exact) mass is 218 g/mol. The lowest BCUT2D eigenvalue weighted by atomic mass is 9.91. The zero-order valence-electron chi connectivity index (χ0n) is 7.95. The fourth-order valence-electron chi connectivity index (χ4n) is 2.19. The van der Waals surface area contributed by atoms with Crippen LogP contribution in [0.5, 0.6) is 0 Å². The van der Waals surface area contributed by atoms with Crippen LogP contribution in [0.3, 0.4) is 0 Å². The van der Waals surface area contributed by atoms with Crippen LogP contribution in [0.1, 0.15) is 32.1 Å². The molecule has 0 atom stereocenters. The highest BCUT2D eigenvalue weighted by atomic mass is 32.2. The van der Waals surface area contributed by atoms with E-state index in [9.17, 15) is 5.11 Å². The van der Waals surface area contributed by atoms with E-state index >= 15 is 0 Å². The first-order valence-corrected chi connectivity index (χ1v) is 7.37. The summed E-state index contributed by atoms with van der Waals surface area (Å²) in [7, 11) is 0. The second-order valence-electron chi connectivity index (χ2n) is 4.09. The maximum absolute atomic E-state index is 9.38. The van der Waals surface area contributed by atoms with Crippen LogP contribution in [0, 0.1) is 5.92 Å². The molecule has 1 saturated heterocycles. The first kappa shape index (κ1) is 10.2. The van der Waals surface area contributed by atoms with E-state index in [1.54, 1.807) is 0 Å². The van der Waals surface area contributed by atoms with Crippen molar-refractivity contribution < 1.29 is 5.11 Å². The number of aliphatic hydroxyl groups excluding tert-OH is 1. The van der Waals surface area contributed by atoms with E-state index < -0.39 is 0 Å². The van der Waals surface area contributed by atoms with E-state index in [1.165, 1.54) is 32.1 Å². The summed E-state index contributed by atoms with van der Waals surface area (Å²) >= 11 is 3.98. The molecule has 2 aliphatic rings. The van der Waals surface area contributed by atoms with E-state index in [-0.39, 0.29) is 6.10 Å². The standard InChI is InChI=1S/C10H18OS2/c11-9-6-12-10(13-7-9)8-4-2-1-3-5-8/h8-11H,1-7H2. The quantitative estimate of drug-likeness (QED) is 0.731. The first-order valence-electron chi connectivity index (χ1n) is 5.27. The van der Waals surface area contributed by atoms with Crippen molar-refractivity contribution >= 4 is 23.5 Å². The third-order valence-corrected chi connectivity index (χ3v) is 6.34. The number of hydrogen-bond donors (Lipinski definition) is 1. The zero-order chi connectivity index (χ0) is 9.10. The highest BCUT2D eigenvalue weighted by Crippen LogP contribution is 2.41. The molecule has 3 heteroatoms. The lowest BCUT2D eigenvalue weighted by molar-refractivity contribution is 0.223. The zero-order valence-corrected chi connectivity index (χ0v) is 9.58. The molecule has 1 heterocycles. The Morgan fingerprint density at radius 2 is 1.54 bits per heavy atom. The van der Waals surface area contributed by atoms with Crippen LogP contribution >= 0.6 is 23.5 Å². The van der Waals surface area contributed by atoms with Gasteiger partial charge < -0.3 is 5.11 Å². The topological polar surface area (TPSA) is 20.2 Å². The Morgan fingerprint density at radius 1 is 0.923 bits per heavy atom. The summed E-state index contributed by atoms with van der Waals surface area (Å²) in [5, 5.41) is 9.38. The third-order valence-electron chi connectivity index (χ3n) is 2.94. The molecule has 1 N–H and O–H groups in total. The largest absolute Gasteiger partial charge is 0.391 e. The van der Waals surface area contributed by atoms with Gasteiger partial charge in [0, 0.05) is 11.5 Å². The SMILES string of the molecule is OC1CSC(C2CCCCC2)SC1. The molecule has 2 fully saturated rings. The van der Waals surface area contributed by atoms with E-state index in [4.69, 9.17) is 0 Å². The van der Waals surface area contributed by atoms with Gasteiger partial charge in [0.25, 0.3) is 0 Å². The molecule has 0 radical (unpaired) electrons. The number of aliphatic hydroxyl groups is 1. The summed E-state index contributed by atoms with van der Waals surface area (Å²) in [6.45, 7) is 0. The lowest BCUT2D eigenvalue weighted by Crippen LogP contribution is -2.27. The predicted molar refractivity (Wildman–Crippen MR) is 61.3 cm³/mol. The Hall–Kier alpha value is 0.660. The normalized spacial score (nSPS) is 37.6. The molecule has 0 unspecified atom stereocenters. The van der Waals surface area contributed by atoms with Gasteiger partial charge in [-0.25, -0.2) is 0 Å². The van der Waals surface area contributed by atoms with Crippen LogP contribution < -0.4 is 0 Å². The number of rotatable bonds is 1. The van der Waals surface area contributed by atoms with Crippen molar-refractivity contribution in [3.05, 3.63) is 0 Å². The van der Waals surface area contributed by atoms with Crippen molar-refractivity contribution in [3.8, 4) is 0 Å². The first-order chi connectivity index (χ1) is 6.36. The van der Waals surface area contributed by atoms with Crippen molar-refractivity contribution in [1.82, 2.24) is 0 Å². The van der Waals surface area contributed by atoms with Crippen molar-refractivity contribution in [3.63, 3.8) is 0 Å². The van der Waals surface area contributed by atoms with Crippen LogP contribution in [0.4, 0.5) is 0 Å². The van der Waals surface area contributed by atoms with Gasteiger partial charge in [-0.05, 0) is 18.8 Å². The molecule has 13 heavy (non-hydrogen) atoms. The molecule has 0 aromatic heterocycles. The summed E-state index contributed by atoms with van der Waals surface area (Å²) in [5.74, 6) is 2.87. The maximum Gasteiger partial charge on any atom is 0.0721 e. The molecule has 0 bridgehead atoms. The molecule has 1 nitrogen and oxygen atoms in total. The fraction of sp³-hybridized carbons (Fsp3) is 1.00. The molecule has 0 aromatic carbocycles. The van der Waals surface area contributed by atoms with Gasteiger partial charge in [-0.15, -0.1) is 23.5 Å². The van der Waals surface area contributed by atoms with Gasteiger partial charge in [0.1, 0.15) is 0 Å². The Morgan fingerprint density at radius 3 is 2.15 bits per heavy atom. The lowest BCUT2D eigenvalue weighted by Gasteiger charge is -2.33. The average Bonchev–Trinajstić information content (AvgIpc) is 2.20. The van der Waals surface area contributed by atoms with Gasteiger partial charge in [-0.1, -0.05) is 19.3 Å². The fourth-order valence-corrected chi connectivity index (χ4v) is 5.34. The summed E-state index contributed by atoms with van der Waals surface area (Å²) in [6.07, 6.45) is 7.13. The molecule has 1 aliphatic carbocycles. The molecule has 2 rings (SSSR count). The minimum absolute atomic E-state index is 0.0464. The second kappa shape index (κ2) is 4.94. The molecule has 0 aromatic rings. The van der Waals surface area contributed by atoms with Gasteiger partial charge in [-0.2, -0.15) is 0 Å². The van der Waals surface area contributed by atoms with Crippen molar-refractivity contribution in [2.24, 2.45) is 5.92 Å².